The Labute approximate surface area is 61.3 Å². The Bertz CT molecular complexity index is 161. The smallest absolute Gasteiger partial charge is 0.312 e. The maximum atomic E-state index is 10.4. The summed E-state index contributed by atoms with van der Waals surface area (Å²) >= 11 is 0. The van der Waals surface area contributed by atoms with Gasteiger partial charge in [0.05, 0.1) is 5.54 Å². The van der Waals surface area contributed by atoms with Crippen LogP contribution >= 0.6 is 0 Å². The van der Waals surface area contributed by atoms with Gasteiger partial charge in [0.2, 0.25) is 0 Å². The minimum Gasteiger partial charge on any atom is -0.352 e. The average molecular weight is 142 g/mol. The van der Waals surface area contributed by atoms with Gasteiger partial charge in [0, 0.05) is 0 Å². The van der Waals surface area contributed by atoms with Crippen LogP contribution in [0.1, 0.15) is 20.8 Å². The molecule has 3 heteroatoms. The van der Waals surface area contributed by atoms with E-state index >= 15 is 0 Å². The van der Waals surface area contributed by atoms with Gasteiger partial charge in [-0.1, -0.05) is 12.2 Å². The summed E-state index contributed by atoms with van der Waals surface area (Å²) in [5.74, 6) is 0. The molecule has 0 aliphatic rings. The Morgan fingerprint density at radius 2 is 2.00 bits per heavy atom. The molecule has 0 bridgehead atoms. The normalized spacial score (nSPS) is 10.7. The number of carbonyl (C=O) groups excluding carboxylic acids is 1. The third-order valence-electron chi connectivity index (χ3n) is 1.50. The quantitative estimate of drug-likeness (QED) is 0.555. The molecule has 58 valence electrons. The Balaban J connectivity index is 4.13. The molecule has 3 N–H and O–H groups in total. The van der Waals surface area contributed by atoms with Crippen molar-refractivity contribution in [1.82, 2.24) is 5.32 Å². The zero-order valence-corrected chi connectivity index (χ0v) is 6.69. The van der Waals surface area contributed by atoms with Crippen LogP contribution in [0.3, 0.4) is 0 Å². The lowest BCUT2D eigenvalue weighted by Crippen LogP contribution is -2.46. The highest BCUT2D eigenvalue weighted by atomic mass is 16.2. The monoisotopic (exact) mass is 142 g/mol. The maximum absolute atomic E-state index is 10.4. The summed E-state index contributed by atoms with van der Waals surface area (Å²) in [6, 6.07) is -0.520. The van der Waals surface area contributed by atoms with Crippen LogP contribution in [0.2, 0.25) is 0 Å². The van der Waals surface area contributed by atoms with Crippen molar-refractivity contribution >= 4 is 6.03 Å². The second-order valence-corrected chi connectivity index (χ2v) is 2.89. The van der Waals surface area contributed by atoms with E-state index in [0.717, 1.165) is 5.57 Å². The molecule has 3 nitrogen and oxygen atoms in total. The van der Waals surface area contributed by atoms with E-state index in [0.29, 0.717) is 0 Å². The minimum absolute atomic E-state index is 0.397. The lowest BCUT2D eigenvalue weighted by Gasteiger charge is -2.25. The molecule has 0 aliphatic heterocycles. The van der Waals surface area contributed by atoms with Crippen LogP contribution in [-0.4, -0.2) is 11.6 Å². The third-order valence-corrected chi connectivity index (χ3v) is 1.50. The van der Waals surface area contributed by atoms with Crippen molar-refractivity contribution in [3.8, 4) is 0 Å². The zero-order valence-electron chi connectivity index (χ0n) is 6.69. The lowest BCUT2D eigenvalue weighted by atomic mass is 9.97. The van der Waals surface area contributed by atoms with Crippen LogP contribution in [0.4, 0.5) is 4.79 Å². The topological polar surface area (TPSA) is 55.1 Å². The molecular weight excluding hydrogens is 128 g/mol. The first-order valence-corrected chi connectivity index (χ1v) is 3.10. The molecule has 0 heterocycles. The van der Waals surface area contributed by atoms with Crippen molar-refractivity contribution in [2.75, 3.05) is 0 Å². The van der Waals surface area contributed by atoms with Crippen molar-refractivity contribution in [2.24, 2.45) is 5.73 Å². The number of nitrogens with one attached hydrogen (secondary N) is 1. The number of nitrogens with two attached hydrogens (primary N) is 1. The van der Waals surface area contributed by atoms with Gasteiger partial charge in [0.25, 0.3) is 0 Å². The van der Waals surface area contributed by atoms with Crippen molar-refractivity contribution in [3.63, 3.8) is 0 Å². The highest BCUT2D eigenvalue weighted by Gasteiger charge is 2.18. The highest BCUT2D eigenvalue weighted by Crippen LogP contribution is 2.11. The van der Waals surface area contributed by atoms with Crippen LogP contribution in [0.25, 0.3) is 0 Å². The van der Waals surface area contributed by atoms with Crippen LogP contribution < -0.4 is 11.1 Å². The van der Waals surface area contributed by atoms with Gasteiger partial charge in [-0.05, 0) is 20.8 Å². The van der Waals surface area contributed by atoms with Gasteiger partial charge in [-0.3, -0.25) is 0 Å². The summed E-state index contributed by atoms with van der Waals surface area (Å²) in [7, 11) is 0. The molecule has 0 aliphatic carbocycles. The number of hydrogen-bond acceptors (Lipinski definition) is 1. The van der Waals surface area contributed by atoms with E-state index in [2.05, 4.69) is 11.9 Å². The van der Waals surface area contributed by atoms with Crippen molar-refractivity contribution in [1.29, 1.82) is 0 Å². The Kier molecular flexibility index (Phi) is 2.46. The number of carbonyl (C=O) groups is 1. The van der Waals surface area contributed by atoms with E-state index in [1.165, 1.54) is 0 Å². The number of amides is 2. The molecule has 0 rings (SSSR count). The highest BCUT2D eigenvalue weighted by molar-refractivity contribution is 5.73. The maximum Gasteiger partial charge on any atom is 0.312 e. The Hall–Kier alpha value is -0.990. The molecule has 0 fully saturated rings. The fourth-order valence-electron chi connectivity index (χ4n) is 0.415. The van der Waals surface area contributed by atoms with Crippen molar-refractivity contribution < 1.29 is 4.79 Å². The summed E-state index contributed by atoms with van der Waals surface area (Å²) in [5.41, 5.74) is 5.41. The van der Waals surface area contributed by atoms with Crippen LogP contribution in [-0.2, 0) is 0 Å². The van der Waals surface area contributed by atoms with Gasteiger partial charge in [0.15, 0.2) is 0 Å². The lowest BCUT2D eigenvalue weighted by molar-refractivity contribution is 0.242. The van der Waals surface area contributed by atoms with Gasteiger partial charge in [0.1, 0.15) is 0 Å². The fourth-order valence-corrected chi connectivity index (χ4v) is 0.415. The number of rotatable bonds is 2. The fraction of sp³-hybridized carbons (Fsp3) is 0.571. The molecule has 0 spiro atoms. The van der Waals surface area contributed by atoms with Gasteiger partial charge in [-0.2, -0.15) is 0 Å². The molecule has 0 aromatic rings. The third kappa shape index (κ3) is 2.53. The van der Waals surface area contributed by atoms with Gasteiger partial charge in [-0.15, -0.1) is 0 Å². The van der Waals surface area contributed by atoms with E-state index in [1.54, 1.807) is 0 Å². The van der Waals surface area contributed by atoms with Gasteiger partial charge < -0.3 is 11.1 Å². The summed E-state index contributed by atoms with van der Waals surface area (Å²) in [5, 5.41) is 2.56. The average Bonchev–Trinajstić information content (AvgIpc) is 1.60. The van der Waals surface area contributed by atoms with Gasteiger partial charge in [-0.25, -0.2) is 4.79 Å². The molecule has 0 aromatic carbocycles. The predicted molar refractivity (Wildman–Crippen MR) is 41.6 cm³/mol. The van der Waals surface area contributed by atoms with E-state index in [-0.39, 0.29) is 0 Å². The zero-order chi connectivity index (χ0) is 8.36. The molecule has 0 saturated carbocycles. The molecule has 0 aromatic heterocycles. The van der Waals surface area contributed by atoms with Crippen LogP contribution in [0, 0.1) is 0 Å². The van der Waals surface area contributed by atoms with E-state index in [1.807, 2.05) is 20.8 Å². The van der Waals surface area contributed by atoms with Crippen molar-refractivity contribution in [2.45, 2.75) is 26.3 Å². The Morgan fingerprint density at radius 1 is 1.60 bits per heavy atom. The first-order valence-electron chi connectivity index (χ1n) is 3.10. The molecule has 0 saturated heterocycles. The summed E-state index contributed by atoms with van der Waals surface area (Å²) in [6.45, 7) is 9.25. The Morgan fingerprint density at radius 3 is 2.10 bits per heavy atom. The number of urea groups is 1. The first-order chi connectivity index (χ1) is 4.36. The van der Waals surface area contributed by atoms with Crippen LogP contribution in [0.15, 0.2) is 12.2 Å². The standard InChI is InChI=1S/C7H14N2O/c1-5(2)7(3,4)9-6(8)10/h1H2,2-4H3,(H3,8,9,10). The molecule has 2 amide bonds. The first kappa shape index (κ1) is 9.01. The summed E-state index contributed by atoms with van der Waals surface area (Å²) in [6.07, 6.45) is 0. The van der Waals surface area contributed by atoms with Crippen molar-refractivity contribution in [3.05, 3.63) is 12.2 Å². The number of hydrogen-bond donors (Lipinski definition) is 2. The SMILES string of the molecule is C=C(C)C(C)(C)NC(N)=O. The molecule has 0 atom stereocenters. The van der Waals surface area contributed by atoms with E-state index in [4.69, 9.17) is 5.73 Å². The number of primary amides is 1. The minimum atomic E-state index is -0.520. The van der Waals surface area contributed by atoms with E-state index < -0.39 is 11.6 Å². The second-order valence-electron chi connectivity index (χ2n) is 2.89. The van der Waals surface area contributed by atoms with E-state index in [9.17, 15) is 4.79 Å². The molecule has 0 unspecified atom stereocenters. The van der Waals surface area contributed by atoms with Crippen LogP contribution in [0.5, 0.6) is 0 Å². The molecule has 0 radical (unpaired) electrons. The molecular formula is C7H14N2O. The predicted octanol–water partition coefficient (Wildman–Crippen LogP) is 1.01. The molecule has 10 heavy (non-hydrogen) atoms. The second kappa shape index (κ2) is 2.73. The summed E-state index contributed by atoms with van der Waals surface area (Å²) < 4.78 is 0. The largest absolute Gasteiger partial charge is 0.352 e. The summed E-state index contributed by atoms with van der Waals surface area (Å²) in [4.78, 5) is 10.4. The van der Waals surface area contributed by atoms with Gasteiger partial charge >= 0.3 is 6.03 Å².